The lowest BCUT2D eigenvalue weighted by Gasteiger charge is -2.15. The van der Waals surface area contributed by atoms with E-state index in [0.717, 1.165) is 0 Å². The van der Waals surface area contributed by atoms with Crippen LogP contribution < -0.4 is 5.32 Å². The maximum absolute atomic E-state index is 10.6. The molecule has 0 spiro atoms. The highest BCUT2D eigenvalue weighted by atomic mass is 16.5. The van der Waals surface area contributed by atoms with Crippen LogP contribution in [0.15, 0.2) is 18.3 Å². The first-order valence-electron chi connectivity index (χ1n) is 5.12. The molecule has 0 aliphatic carbocycles. The number of hydrogen-bond acceptors (Lipinski definition) is 5. The fourth-order valence-electron chi connectivity index (χ4n) is 1.24. The van der Waals surface area contributed by atoms with E-state index in [-0.39, 0.29) is 11.7 Å². The molecule has 6 nitrogen and oxygen atoms in total. The number of pyridine rings is 1. The molecule has 0 bridgehead atoms. The summed E-state index contributed by atoms with van der Waals surface area (Å²) < 4.78 is 10.1. The van der Waals surface area contributed by atoms with Crippen LogP contribution in [0.3, 0.4) is 0 Å². The summed E-state index contributed by atoms with van der Waals surface area (Å²) in [4.78, 5) is 14.6. The molecule has 1 unspecified atom stereocenters. The first kappa shape index (κ1) is 13.4. The molecule has 2 N–H and O–H groups in total. The fraction of sp³-hybridized carbons (Fsp3) is 0.455. The molecule has 1 aromatic heterocycles. The van der Waals surface area contributed by atoms with E-state index < -0.39 is 5.97 Å². The van der Waals surface area contributed by atoms with Crippen molar-refractivity contribution in [2.24, 2.45) is 0 Å². The fourth-order valence-corrected chi connectivity index (χ4v) is 1.24. The minimum Gasteiger partial charge on any atom is -0.478 e. The van der Waals surface area contributed by atoms with Gasteiger partial charge in [-0.2, -0.15) is 0 Å². The van der Waals surface area contributed by atoms with Crippen molar-refractivity contribution in [2.45, 2.75) is 6.10 Å². The highest BCUT2D eigenvalue weighted by Gasteiger charge is 2.07. The Kier molecular flexibility index (Phi) is 5.38. The first-order valence-corrected chi connectivity index (χ1v) is 5.12. The summed E-state index contributed by atoms with van der Waals surface area (Å²) in [7, 11) is 3.21. The molecule has 0 aromatic carbocycles. The van der Waals surface area contributed by atoms with Crippen molar-refractivity contribution < 1.29 is 19.4 Å². The summed E-state index contributed by atoms with van der Waals surface area (Å²) in [6.45, 7) is 1.03. The zero-order chi connectivity index (χ0) is 12.7. The Morgan fingerprint density at radius 3 is 2.76 bits per heavy atom. The van der Waals surface area contributed by atoms with Crippen LogP contribution in [0.4, 0.5) is 5.82 Å². The number of carboxylic acids is 1. The van der Waals surface area contributed by atoms with E-state index in [1.54, 1.807) is 20.3 Å². The second kappa shape index (κ2) is 6.82. The van der Waals surface area contributed by atoms with E-state index in [4.69, 9.17) is 14.6 Å². The summed E-state index contributed by atoms with van der Waals surface area (Å²) in [6.07, 6.45) is 1.24. The molecule has 1 heterocycles. The van der Waals surface area contributed by atoms with Gasteiger partial charge in [0.05, 0.1) is 18.3 Å². The summed E-state index contributed by atoms with van der Waals surface area (Å²) in [5.74, 6) is -0.383. The third-order valence-corrected chi connectivity index (χ3v) is 2.21. The van der Waals surface area contributed by atoms with E-state index in [1.165, 1.54) is 12.3 Å². The van der Waals surface area contributed by atoms with Crippen molar-refractivity contribution in [3.63, 3.8) is 0 Å². The Morgan fingerprint density at radius 2 is 2.29 bits per heavy atom. The van der Waals surface area contributed by atoms with Crippen molar-refractivity contribution in [1.82, 2.24) is 4.98 Å². The van der Waals surface area contributed by atoms with Gasteiger partial charge >= 0.3 is 5.97 Å². The molecule has 1 rings (SSSR count). The molecule has 1 atom stereocenters. The third kappa shape index (κ3) is 4.38. The number of rotatable bonds is 7. The summed E-state index contributed by atoms with van der Waals surface area (Å²) >= 11 is 0. The molecule has 17 heavy (non-hydrogen) atoms. The number of aromatic carboxylic acids is 1. The number of methoxy groups -OCH3 is 2. The van der Waals surface area contributed by atoms with E-state index in [2.05, 4.69) is 10.3 Å². The van der Waals surface area contributed by atoms with Crippen LogP contribution in [0.5, 0.6) is 0 Å². The SMILES string of the molecule is COCC(CNc1ccc(C(=O)O)cn1)OC. The van der Waals surface area contributed by atoms with Gasteiger partial charge in [-0.1, -0.05) is 0 Å². The molecular weight excluding hydrogens is 224 g/mol. The van der Waals surface area contributed by atoms with Crippen LogP contribution in [0.1, 0.15) is 10.4 Å². The lowest BCUT2D eigenvalue weighted by atomic mass is 10.3. The lowest BCUT2D eigenvalue weighted by Crippen LogP contribution is -2.26. The monoisotopic (exact) mass is 240 g/mol. The summed E-state index contributed by atoms with van der Waals surface area (Å²) in [5.41, 5.74) is 0.163. The topological polar surface area (TPSA) is 80.7 Å². The Balaban J connectivity index is 2.48. The predicted molar refractivity (Wildman–Crippen MR) is 62.4 cm³/mol. The Labute approximate surface area is 99.6 Å². The smallest absolute Gasteiger partial charge is 0.337 e. The predicted octanol–water partition coefficient (Wildman–Crippen LogP) is 0.853. The van der Waals surface area contributed by atoms with Crippen LogP contribution >= 0.6 is 0 Å². The summed E-state index contributed by atoms with van der Waals surface area (Å²) in [5, 5.41) is 11.7. The average Bonchev–Trinajstić information content (AvgIpc) is 2.35. The average molecular weight is 240 g/mol. The molecule has 0 fully saturated rings. The molecule has 0 saturated carbocycles. The standard InChI is InChI=1S/C11H16N2O4/c1-16-7-9(17-2)6-13-10-4-3-8(5-12-10)11(14)15/h3-5,9H,6-7H2,1-2H3,(H,12,13)(H,14,15). The Hall–Kier alpha value is -1.66. The number of carbonyl (C=O) groups is 1. The van der Waals surface area contributed by atoms with Crippen LogP contribution in [0, 0.1) is 0 Å². The van der Waals surface area contributed by atoms with Gasteiger partial charge in [0, 0.05) is 27.0 Å². The van der Waals surface area contributed by atoms with Gasteiger partial charge in [-0.05, 0) is 12.1 Å². The number of carboxylic acid groups (broad SMARTS) is 1. The number of ether oxygens (including phenoxy) is 2. The van der Waals surface area contributed by atoms with Crippen LogP contribution in [-0.4, -0.2) is 49.5 Å². The molecule has 0 radical (unpaired) electrons. The zero-order valence-electron chi connectivity index (χ0n) is 9.84. The quantitative estimate of drug-likeness (QED) is 0.735. The number of aromatic nitrogens is 1. The normalized spacial score (nSPS) is 12.1. The highest BCUT2D eigenvalue weighted by molar-refractivity contribution is 5.87. The lowest BCUT2D eigenvalue weighted by molar-refractivity contribution is 0.0365. The molecule has 1 aromatic rings. The van der Waals surface area contributed by atoms with Crippen molar-refractivity contribution in [3.8, 4) is 0 Å². The van der Waals surface area contributed by atoms with E-state index in [0.29, 0.717) is 19.0 Å². The van der Waals surface area contributed by atoms with Gasteiger partial charge < -0.3 is 19.9 Å². The zero-order valence-corrected chi connectivity index (χ0v) is 9.84. The van der Waals surface area contributed by atoms with E-state index in [1.807, 2.05) is 0 Å². The molecule has 94 valence electrons. The van der Waals surface area contributed by atoms with Crippen LogP contribution in [0.25, 0.3) is 0 Å². The maximum atomic E-state index is 10.6. The second-order valence-electron chi connectivity index (χ2n) is 3.43. The molecule has 0 aliphatic heterocycles. The van der Waals surface area contributed by atoms with Crippen LogP contribution in [0.2, 0.25) is 0 Å². The minimum absolute atomic E-state index is 0.0686. The van der Waals surface area contributed by atoms with Crippen molar-refractivity contribution >= 4 is 11.8 Å². The van der Waals surface area contributed by atoms with E-state index in [9.17, 15) is 4.79 Å². The number of hydrogen-bond donors (Lipinski definition) is 2. The molecule has 0 amide bonds. The molecule has 0 saturated heterocycles. The largest absolute Gasteiger partial charge is 0.478 e. The molecule has 0 aliphatic rings. The highest BCUT2D eigenvalue weighted by Crippen LogP contribution is 2.05. The van der Waals surface area contributed by atoms with E-state index >= 15 is 0 Å². The minimum atomic E-state index is -0.988. The van der Waals surface area contributed by atoms with Crippen LogP contribution in [-0.2, 0) is 9.47 Å². The number of nitrogens with one attached hydrogen (secondary N) is 1. The maximum Gasteiger partial charge on any atom is 0.337 e. The van der Waals surface area contributed by atoms with Crippen molar-refractivity contribution in [1.29, 1.82) is 0 Å². The van der Waals surface area contributed by atoms with Gasteiger partial charge in [-0.15, -0.1) is 0 Å². The third-order valence-electron chi connectivity index (χ3n) is 2.21. The van der Waals surface area contributed by atoms with Crippen molar-refractivity contribution in [2.75, 3.05) is 32.7 Å². The number of nitrogens with zero attached hydrogens (tertiary/aromatic N) is 1. The summed E-state index contributed by atoms with van der Waals surface area (Å²) in [6, 6.07) is 3.11. The van der Waals surface area contributed by atoms with Gasteiger partial charge in [0.1, 0.15) is 5.82 Å². The number of anilines is 1. The van der Waals surface area contributed by atoms with Gasteiger partial charge in [-0.25, -0.2) is 9.78 Å². The first-order chi connectivity index (χ1) is 8.17. The Morgan fingerprint density at radius 1 is 1.53 bits per heavy atom. The molecule has 6 heteroatoms. The van der Waals surface area contributed by atoms with Gasteiger partial charge in [0.2, 0.25) is 0 Å². The second-order valence-corrected chi connectivity index (χ2v) is 3.43. The van der Waals surface area contributed by atoms with Gasteiger partial charge in [-0.3, -0.25) is 0 Å². The Bertz CT molecular complexity index is 353. The van der Waals surface area contributed by atoms with Gasteiger partial charge in [0.15, 0.2) is 0 Å². The van der Waals surface area contributed by atoms with Gasteiger partial charge in [0.25, 0.3) is 0 Å². The molecular formula is C11H16N2O4. The van der Waals surface area contributed by atoms with Crippen molar-refractivity contribution in [3.05, 3.63) is 23.9 Å².